The Kier molecular flexibility index (Phi) is 6.58. The van der Waals surface area contributed by atoms with E-state index >= 15 is 0 Å². The zero-order valence-electron chi connectivity index (χ0n) is 19.4. The SMILES string of the molecule is C=Cc1cc(N=S(C)(C)=O)nc(Nc2nc(Nc3ccc4c(c3)CN(C)CC4)ncc2C#N)c1. The summed E-state index contributed by atoms with van der Waals surface area (Å²) in [7, 11) is -0.287. The molecule has 0 saturated carbocycles. The van der Waals surface area contributed by atoms with Crippen molar-refractivity contribution in [2.75, 3.05) is 36.7 Å². The third kappa shape index (κ3) is 5.75. The molecule has 0 unspecified atom stereocenters. The number of hydrogen-bond acceptors (Lipinski definition) is 9. The topological polar surface area (TPSA) is 119 Å². The van der Waals surface area contributed by atoms with Crippen LogP contribution in [0.2, 0.25) is 0 Å². The molecule has 0 bridgehead atoms. The summed E-state index contributed by atoms with van der Waals surface area (Å²) in [4.78, 5) is 15.5. The molecule has 9 nitrogen and oxygen atoms in total. The second kappa shape index (κ2) is 9.59. The van der Waals surface area contributed by atoms with E-state index in [9.17, 15) is 9.47 Å². The van der Waals surface area contributed by atoms with Gasteiger partial charge in [0.1, 0.15) is 17.5 Å². The molecule has 174 valence electrons. The predicted molar refractivity (Wildman–Crippen MR) is 136 cm³/mol. The van der Waals surface area contributed by atoms with E-state index in [0.29, 0.717) is 23.4 Å². The summed E-state index contributed by atoms with van der Waals surface area (Å²) in [6, 6.07) is 11.8. The van der Waals surface area contributed by atoms with E-state index in [-0.39, 0.29) is 5.56 Å². The average molecular weight is 475 g/mol. The number of rotatable bonds is 6. The molecule has 0 spiro atoms. The number of nitriles is 1. The minimum atomic E-state index is -2.40. The lowest BCUT2D eigenvalue weighted by atomic mass is 9.99. The van der Waals surface area contributed by atoms with Crippen LogP contribution in [0.3, 0.4) is 0 Å². The number of hydrogen-bond donors (Lipinski definition) is 2. The molecule has 0 saturated heterocycles. The first kappa shape index (κ1) is 23.4. The summed E-state index contributed by atoms with van der Waals surface area (Å²) in [5.41, 5.74) is 4.50. The number of fused-ring (bicyclic) bond motifs is 1. The molecule has 2 aromatic heterocycles. The van der Waals surface area contributed by atoms with Crippen LogP contribution in [0.5, 0.6) is 0 Å². The van der Waals surface area contributed by atoms with Crippen molar-refractivity contribution in [3.05, 3.63) is 65.4 Å². The van der Waals surface area contributed by atoms with Crippen LogP contribution in [0.15, 0.2) is 47.5 Å². The fourth-order valence-electron chi connectivity index (χ4n) is 3.64. The van der Waals surface area contributed by atoms with Gasteiger partial charge in [0.05, 0.1) is 6.20 Å². The fraction of sp³-hybridized carbons (Fsp3) is 0.250. The quantitative estimate of drug-likeness (QED) is 0.545. The first-order valence-electron chi connectivity index (χ1n) is 10.7. The molecule has 0 aliphatic carbocycles. The van der Waals surface area contributed by atoms with Gasteiger partial charge in [-0.15, -0.1) is 0 Å². The maximum atomic E-state index is 12.1. The molecule has 0 radical (unpaired) electrons. The van der Waals surface area contributed by atoms with E-state index in [2.05, 4.69) is 66.7 Å². The number of benzene rings is 1. The highest BCUT2D eigenvalue weighted by Gasteiger charge is 2.14. The van der Waals surface area contributed by atoms with Crippen molar-refractivity contribution in [3.8, 4) is 6.07 Å². The van der Waals surface area contributed by atoms with Crippen LogP contribution in [-0.2, 0) is 22.7 Å². The first-order chi connectivity index (χ1) is 16.2. The van der Waals surface area contributed by atoms with Gasteiger partial charge in [0, 0.05) is 41.0 Å². The molecule has 4 rings (SSSR count). The Morgan fingerprint density at radius 3 is 2.76 bits per heavy atom. The van der Waals surface area contributed by atoms with Gasteiger partial charge < -0.3 is 15.5 Å². The summed E-state index contributed by atoms with van der Waals surface area (Å²) in [6.45, 7) is 5.74. The Bertz CT molecular complexity index is 1410. The summed E-state index contributed by atoms with van der Waals surface area (Å²) >= 11 is 0. The molecular formula is C24H26N8OS. The number of likely N-dealkylation sites (N-methyl/N-ethyl adjacent to an activating group) is 1. The second-order valence-electron chi connectivity index (χ2n) is 8.41. The minimum absolute atomic E-state index is 0.261. The lowest BCUT2D eigenvalue weighted by Gasteiger charge is -2.25. The first-order valence-corrected chi connectivity index (χ1v) is 13.0. The van der Waals surface area contributed by atoms with Crippen LogP contribution < -0.4 is 10.6 Å². The molecule has 10 heteroatoms. The average Bonchev–Trinajstić information content (AvgIpc) is 2.77. The largest absolute Gasteiger partial charge is 0.324 e. The number of pyridine rings is 1. The molecule has 34 heavy (non-hydrogen) atoms. The molecule has 1 aliphatic rings. The van der Waals surface area contributed by atoms with Gasteiger partial charge >= 0.3 is 0 Å². The standard InChI is InChI=1S/C24H26N8OS/c1-5-16-10-21(28-22(11-16)31-34(3,4)33)29-23-19(13-25)14-26-24(30-23)27-20-7-6-17-8-9-32(2)15-18(17)12-20/h5-7,10-12,14H,1,8-9,15H2,2-4H3,(H2,26,27,28,29,30). The van der Waals surface area contributed by atoms with Crippen molar-refractivity contribution in [2.24, 2.45) is 4.36 Å². The van der Waals surface area contributed by atoms with Crippen molar-refractivity contribution >= 4 is 44.9 Å². The molecule has 0 amide bonds. The van der Waals surface area contributed by atoms with Crippen molar-refractivity contribution < 1.29 is 4.21 Å². The Hall–Kier alpha value is -3.81. The molecule has 0 atom stereocenters. The Balaban J connectivity index is 1.64. The van der Waals surface area contributed by atoms with Crippen LogP contribution in [0, 0.1) is 11.3 Å². The van der Waals surface area contributed by atoms with Gasteiger partial charge in [-0.3, -0.25) is 0 Å². The van der Waals surface area contributed by atoms with Crippen molar-refractivity contribution in [2.45, 2.75) is 13.0 Å². The van der Waals surface area contributed by atoms with Crippen LogP contribution in [0.25, 0.3) is 6.08 Å². The van der Waals surface area contributed by atoms with E-state index in [4.69, 9.17) is 0 Å². The van der Waals surface area contributed by atoms with Gasteiger partial charge in [-0.2, -0.15) is 14.6 Å². The van der Waals surface area contributed by atoms with Gasteiger partial charge in [0.2, 0.25) is 5.95 Å². The van der Waals surface area contributed by atoms with Gasteiger partial charge in [-0.25, -0.2) is 14.2 Å². The third-order valence-electron chi connectivity index (χ3n) is 5.20. The van der Waals surface area contributed by atoms with Gasteiger partial charge in [0.15, 0.2) is 11.6 Å². The number of nitrogens with zero attached hydrogens (tertiary/aromatic N) is 6. The Labute approximate surface area is 199 Å². The van der Waals surface area contributed by atoms with E-state index in [1.54, 1.807) is 18.2 Å². The van der Waals surface area contributed by atoms with Crippen molar-refractivity contribution in [1.82, 2.24) is 19.9 Å². The maximum absolute atomic E-state index is 12.1. The smallest absolute Gasteiger partial charge is 0.229 e. The Morgan fingerprint density at radius 2 is 2.03 bits per heavy atom. The monoisotopic (exact) mass is 474 g/mol. The van der Waals surface area contributed by atoms with E-state index in [1.165, 1.54) is 29.8 Å². The molecule has 2 N–H and O–H groups in total. The van der Waals surface area contributed by atoms with Crippen LogP contribution >= 0.6 is 0 Å². The zero-order valence-corrected chi connectivity index (χ0v) is 20.2. The summed E-state index contributed by atoms with van der Waals surface area (Å²) in [6.07, 6.45) is 7.21. The van der Waals surface area contributed by atoms with Crippen LogP contribution in [0.4, 0.5) is 29.1 Å². The predicted octanol–water partition coefficient (Wildman–Crippen LogP) is 4.22. The highest BCUT2D eigenvalue weighted by atomic mass is 32.2. The number of nitrogens with one attached hydrogen (secondary N) is 2. The minimum Gasteiger partial charge on any atom is -0.324 e. The van der Waals surface area contributed by atoms with E-state index in [0.717, 1.165) is 30.8 Å². The van der Waals surface area contributed by atoms with E-state index in [1.807, 2.05) is 6.07 Å². The molecule has 0 fully saturated rings. The van der Waals surface area contributed by atoms with Gasteiger partial charge in [-0.1, -0.05) is 18.7 Å². The lowest BCUT2D eigenvalue weighted by molar-refractivity contribution is 0.313. The fourth-order valence-corrected chi connectivity index (χ4v) is 4.18. The number of aromatic nitrogens is 3. The third-order valence-corrected chi connectivity index (χ3v) is 5.83. The summed E-state index contributed by atoms with van der Waals surface area (Å²) < 4.78 is 16.3. The van der Waals surface area contributed by atoms with Crippen molar-refractivity contribution in [3.63, 3.8) is 0 Å². The highest BCUT2D eigenvalue weighted by molar-refractivity contribution is 7.92. The highest BCUT2D eigenvalue weighted by Crippen LogP contribution is 2.26. The van der Waals surface area contributed by atoms with Gasteiger partial charge in [0.25, 0.3) is 0 Å². The normalized spacial score (nSPS) is 13.5. The number of anilines is 4. The van der Waals surface area contributed by atoms with E-state index < -0.39 is 9.73 Å². The lowest BCUT2D eigenvalue weighted by Crippen LogP contribution is -2.26. The Morgan fingerprint density at radius 1 is 1.21 bits per heavy atom. The molecule has 1 aliphatic heterocycles. The molecular weight excluding hydrogens is 448 g/mol. The van der Waals surface area contributed by atoms with Crippen LogP contribution in [-0.4, -0.2) is 50.2 Å². The molecule has 3 aromatic rings. The maximum Gasteiger partial charge on any atom is 0.229 e. The summed E-state index contributed by atoms with van der Waals surface area (Å²) in [5.74, 6) is 1.35. The second-order valence-corrected chi connectivity index (χ2v) is 11.0. The molecule has 1 aromatic carbocycles. The summed E-state index contributed by atoms with van der Waals surface area (Å²) in [5, 5.41) is 15.9. The van der Waals surface area contributed by atoms with Crippen molar-refractivity contribution in [1.29, 1.82) is 5.26 Å². The van der Waals surface area contributed by atoms with Gasteiger partial charge in [-0.05, 0) is 54.4 Å². The molecule has 3 heterocycles. The zero-order chi connectivity index (χ0) is 24.3. The van der Waals surface area contributed by atoms with Crippen LogP contribution in [0.1, 0.15) is 22.3 Å².